The number of nitrogens with zero attached hydrogens (tertiary/aromatic N) is 3. The van der Waals surface area contributed by atoms with Crippen molar-refractivity contribution in [2.45, 2.75) is 32.9 Å². The summed E-state index contributed by atoms with van der Waals surface area (Å²) < 4.78 is 3.35. The first-order chi connectivity index (χ1) is 9.97. The van der Waals surface area contributed by atoms with E-state index in [1.807, 2.05) is 26.2 Å². The number of imidazole rings is 1. The molecule has 0 unspecified atom stereocenters. The number of rotatable bonds is 4. The molecule has 2 heterocycles. The summed E-state index contributed by atoms with van der Waals surface area (Å²) in [6.07, 6.45) is 1.93. The molecule has 0 aliphatic heterocycles. The highest BCUT2D eigenvalue weighted by atomic mass is 32.1. The smallest absolute Gasteiger partial charge is 0.113 e. The van der Waals surface area contributed by atoms with E-state index in [-0.39, 0.29) is 5.54 Å². The number of fused-ring (bicyclic) bond motifs is 1. The maximum atomic E-state index is 4.76. The second-order valence-corrected chi connectivity index (χ2v) is 6.85. The topological polar surface area (TPSA) is 42.7 Å². The fourth-order valence-corrected chi connectivity index (χ4v) is 3.28. The van der Waals surface area contributed by atoms with Gasteiger partial charge in [-0.25, -0.2) is 9.97 Å². The van der Waals surface area contributed by atoms with Crippen molar-refractivity contribution in [3.63, 3.8) is 0 Å². The summed E-state index contributed by atoms with van der Waals surface area (Å²) in [4.78, 5) is 9.09. The molecule has 2 aromatic heterocycles. The van der Waals surface area contributed by atoms with Crippen molar-refractivity contribution in [2.24, 2.45) is 7.05 Å². The molecule has 0 atom stereocenters. The van der Waals surface area contributed by atoms with Gasteiger partial charge < -0.3 is 9.88 Å². The largest absolute Gasteiger partial charge is 0.334 e. The molecular formula is C16H20N4S. The third-order valence-electron chi connectivity index (χ3n) is 3.86. The molecule has 1 N–H and O–H groups in total. The van der Waals surface area contributed by atoms with Gasteiger partial charge in [0.25, 0.3) is 0 Å². The van der Waals surface area contributed by atoms with E-state index in [9.17, 15) is 0 Å². The Morgan fingerprint density at radius 1 is 1.29 bits per heavy atom. The fourth-order valence-electron chi connectivity index (χ4n) is 2.24. The number of benzene rings is 1. The summed E-state index contributed by atoms with van der Waals surface area (Å²) in [7, 11) is 2.05. The minimum atomic E-state index is -0.165. The maximum absolute atomic E-state index is 4.76. The van der Waals surface area contributed by atoms with Crippen LogP contribution in [-0.4, -0.2) is 14.5 Å². The zero-order chi connectivity index (χ0) is 15.0. The average molecular weight is 300 g/mol. The van der Waals surface area contributed by atoms with Gasteiger partial charge in [-0.15, -0.1) is 11.3 Å². The van der Waals surface area contributed by atoms with Gasteiger partial charge in [-0.2, -0.15) is 0 Å². The van der Waals surface area contributed by atoms with Gasteiger partial charge in [0.2, 0.25) is 0 Å². The Labute approximate surface area is 128 Å². The lowest BCUT2D eigenvalue weighted by Crippen LogP contribution is -2.36. The van der Waals surface area contributed by atoms with Crippen LogP contribution in [0.15, 0.2) is 30.5 Å². The quantitative estimate of drug-likeness (QED) is 0.803. The lowest BCUT2D eigenvalue weighted by atomic mass is 10.1. The first-order valence-corrected chi connectivity index (χ1v) is 7.87. The van der Waals surface area contributed by atoms with E-state index in [2.05, 4.69) is 46.9 Å². The van der Waals surface area contributed by atoms with Crippen LogP contribution in [-0.2, 0) is 19.1 Å². The minimum Gasteiger partial charge on any atom is -0.334 e. The number of para-hydroxylation sites is 1. The van der Waals surface area contributed by atoms with Gasteiger partial charge in [-0.1, -0.05) is 12.1 Å². The van der Waals surface area contributed by atoms with E-state index >= 15 is 0 Å². The van der Waals surface area contributed by atoms with Gasteiger partial charge in [-0.05, 0) is 32.9 Å². The van der Waals surface area contributed by atoms with Crippen LogP contribution in [0.5, 0.6) is 0 Å². The molecule has 0 saturated heterocycles. The molecule has 0 radical (unpaired) electrons. The highest BCUT2D eigenvalue weighted by molar-refractivity contribution is 7.18. The van der Waals surface area contributed by atoms with Crippen LogP contribution in [0.1, 0.15) is 30.4 Å². The Morgan fingerprint density at radius 2 is 2.05 bits per heavy atom. The molecule has 0 bridgehead atoms. The van der Waals surface area contributed by atoms with Gasteiger partial charge in [0.15, 0.2) is 0 Å². The molecule has 3 aromatic rings. The number of hydrogen-bond donors (Lipinski definition) is 1. The van der Waals surface area contributed by atoms with Crippen LogP contribution in [0.2, 0.25) is 0 Å². The highest BCUT2D eigenvalue weighted by Crippen LogP contribution is 2.29. The second kappa shape index (κ2) is 5.24. The molecule has 21 heavy (non-hydrogen) atoms. The molecule has 0 aliphatic carbocycles. The van der Waals surface area contributed by atoms with E-state index in [1.165, 1.54) is 10.4 Å². The lowest BCUT2D eigenvalue weighted by molar-refractivity contribution is 0.394. The van der Waals surface area contributed by atoms with Crippen LogP contribution in [0.25, 0.3) is 10.2 Å². The molecule has 0 amide bonds. The van der Waals surface area contributed by atoms with E-state index in [0.29, 0.717) is 0 Å². The number of aromatic nitrogens is 3. The first-order valence-electron chi connectivity index (χ1n) is 7.05. The number of thiazole rings is 1. The highest BCUT2D eigenvalue weighted by Gasteiger charge is 2.24. The van der Waals surface area contributed by atoms with Crippen molar-refractivity contribution in [1.82, 2.24) is 19.9 Å². The van der Waals surface area contributed by atoms with Gasteiger partial charge >= 0.3 is 0 Å². The summed E-state index contributed by atoms with van der Waals surface area (Å²) >= 11 is 1.75. The molecule has 4 nitrogen and oxygen atoms in total. The predicted octanol–water partition coefficient (Wildman–Crippen LogP) is 3.36. The van der Waals surface area contributed by atoms with E-state index in [1.54, 1.807) is 11.3 Å². The van der Waals surface area contributed by atoms with Crippen molar-refractivity contribution in [1.29, 1.82) is 0 Å². The number of hydrogen-bond acceptors (Lipinski definition) is 4. The summed E-state index contributed by atoms with van der Waals surface area (Å²) in [5.41, 5.74) is 2.09. The molecule has 1 aromatic carbocycles. The Morgan fingerprint density at radius 3 is 2.71 bits per heavy atom. The summed E-state index contributed by atoms with van der Waals surface area (Å²) in [6.45, 7) is 7.14. The minimum absolute atomic E-state index is 0.165. The summed E-state index contributed by atoms with van der Waals surface area (Å²) in [5, 5.41) is 4.71. The van der Waals surface area contributed by atoms with E-state index < -0.39 is 0 Å². The zero-order valence-corrected chi connectivity index (χ0v) is 13.7. The van der Waals surface area contributed by atoms with E-state index in [4.69, 9.17) is 4.98 Å². The van der Waals surface area contributed by atoms with Crippen molar-refractivity contribution < 1.29 is 0 Å². The second-order valence-electron chi connectivity index (χ2n) is 5.82. The Balaban J connectivity index is 1.81. The van der Waals surface area contributed by atoms with Crippen LogP contribution < -0.4 is 5.32 Å². The molecule has 3 rings (SSSR count). The zero-order valence-electron chi connectivity index (χ0n) is 12.8. The summed E-state index contributed by atoms with van der Waals surface area (Å²) in [5.74, 6) is 1.03. The Kier molecular flexibility index (Phi) is 3.55. The molecule has 5 heteroatoms. The van der Waals surface area contributed by atoms with Crippen molar-refractivity contribution in [3.05, 3.63) is 47.0 Å². The average Bonchev–Trinajstić information content (AvgIpc) is 3.03. The van der Waals surface area contributed by atoms with Crippen molar-refractivity contribution in [2.75, 3.05) is 0 Å². The lowest BCUT2D eigenvalue weighted by Gasteiger charge is -2.24. The van der Waals surface area contributed by atoms with Crippen LogP contribution >= 0.6 is 11.3 Å². The number of nitrogens with one attached hydrogen (secondary N) is 1. The number of aryl methyl sites for hydroxylation is 1. The van der Waals surface area contributed by atoms with Crippen molar-refractivity contribution in [3.8, 4) is 0 Å². The Bertz CT molecular complexity index is 737. The SMILES string of the molecule is Cc1ncc(CNC(C)(C)c2nc3ccccc3s2)n1C. The maximum Gasteiger partial charge on any atom is 0.113 e. The third kappa shape index (κ3) is 2.71. The Hall–Kier alpha value is -1.72. The van der Waals surface area contributed by atoms with Gasteiger partial charge in [-0.3, -0.25) is 0 Å². The normalized spacial score (nSPS) is 12.2. The third-order valence-corrected chi connectivity index (χ3v) is 5.22. The predicted molar refractivity (Wildman–Crippen MR) is 87.4 cm³/mol. The fraction of sp³-hybridized carbons (Fsp3) is 0.375. The first kappa shape index (κ1) is 14.2. The molecule has 0 aliphatic rings. The van der Waals surface area contributed by atoms with Gasteiger partial charge in [0, 0.05) is 19.8 Å². The monoisotopic (exact) mass is 300 g/mol. The molecule has 110 valence electrons. The van der Waals surface area contributed by atoms with Gasteiger partial charge in [0.05, 0.1) is 21.4 Å². The van der Waals surface area contributed by atoms with Crippen LogP contribution in [0, 0.1) is 6.92 Å². The van der Waals surface area contributed by atoms with E-state index in [0.717, 1.165) is 22.9 Å². The van der Waals surface area contributed by atoms with Gasteiger partial charge in [0.1, 0.15) is 10.8 Å². The van der Waals surface area contributed by atoms with Crippen LogP contribution in [0.3, 0.4) is 0 Å². The molecule has 0 spiro atoms. The standard InChI is InChI=1S/C16H20N4S/c1-11-17-9-12(20(11)4)10-18-16(2,3)15-19-13-7-5-6-8-14(13)21-15/h5-9,18H,10H2,1-4H3. The van der Waals surface area contributed by atoms with Crippen LogP contribution in [0.4, 0.5) is 0 Å². The van der Waals surface area contributed by atoms with Crippen molar-refractivity contribution >= 4 is 21.6 Å². The molecule has 0 fully saturated rings. The summed E-state index contributed by atoms with van der Waals surface area (Å²) in [6, 6.07) is 8.28. The molecule has 0 saturated carbocycles. The molecular weight excluding hydrogens is 280 g/mol.